The molecule has 3 N–H and O–H groups in total. The summed E-state index contributed by atoms with van der Waals surface area (Å²) in [5.74, 6) is 0.419. The average Bonchev–Trinajstić information content (AvgIpc) is 2.43. The third kappa shape index (κ3) is 9.28. The van der Waals surface area contributed by atoms with E-state index < -0.39 is 0 Å². The average molecular weight is 277 g/mol. The van der Waals surface area contributed by atoms with Crippen LogP contribution < -0.4 is 15.7 Å². The van der Waals surface area contributed by atoms with Crippen molar-refractivity contribution in [2.45, 2.75) is 27.2 Å². The van der Waals surface area contributed by atoms with Crippen LogP contribution >= 0.6 is 0 Å². The number of nitrogens with one attached hydrogen (secondary N) is 3. The Labute approximate surface area is 123 Å². The highest BCUT2D eigenvalue weighted by atomic mass is 15.3. The van der Waals surface area contributed by atoms with Gasteiger partial charge < -0.3 is 5.43 Å². The van der Waals surface area contributed by atoms with Gasteiger partial charge in [-0.05, 0) is 32.4 Å². The fourth-order valence-electron chi connectivity index (χ4n) is 1.74. The number of hydrazone groups is 1. The Bertz CT molecular complexity index is 389. The maximum absolute atomic E-state index is 4.08. The normalized spacial score (nSPS) is 15.7. The van der Waals surface area contributed by atoms with Gasteiger partial charge in [-0.15, -0.1) is 0 Å². The molecule has 0 rings (SSSR count). The third-order valence-corrected chi connectivity index (χ3v) is 2.68. The lowest BCUT2D eigenvalue weighted by Crippen LogP contribution is -2.72. The minimum Gasteiger partial charge on any atom is -0.313 e. The first-order valence-corrected chi connectivity index (χ1v) is 7.07. The van der Waals surface area contributed by atoms with Gasteiger partial charge in [-0.1, -0.05) is 31.2 Å². The molecule has 0 fully saturated rings. The van der Waals surface area contributed by atoms with E-state index in [9.17, 15) is 0 Å². The Morgan fingerprint density at radius 1 is 1.25 bits per heavy atom. The SMILES string of the molecule is C/C=C(\C=N/NC)C/C(C=[NH+]CNC)=C/C(C)/C=C/C. The molecule has 0 radical (unpaired) electrons. The summed E-state index contributed by atoms with van der Waals surface area (Å²) in [6.45, 7) is 7.02. The second-order valence-electron chi connectivity index (χ2n) is 4.53. The molecule has 0 saturated carbocycles. The maximum atomic E-state index is 4.08. The second kappa shape index (κ2) is 12.4. The molecular weight excluding hydrogens is 248 g/mol. The topological polar surface area (TPSA) is 50.4 Å². The zero-order valence-corrected chi connectivity index (χ0v) is 13.4. The van der Waals surface area contributed by atoms with Gasteiger partial charge in [-0.2, -0.15) is 5.10 Å². The lowest BCUT2D eigenvalue weighted by molar-refractivity contribution is -0.456. The molecular formula is C16H29N4+. The molecule has 0 aromatic rings. The summed E-state index contributed by atoms with van der Waals surface area (Å²) in [5.41, 5.74) is 5.21. The number of nitrogens with zero attached hydrogens (tertiary/aromatic N) is 1. The monoisotopic (exact) mass is 277 g/mol. The number of rotatable bonds is 9. The molecule has 0 aliphatic heterocycles. The fourth-order valence-corrected chi connectivity index (χ4v) is 1.74. The van der Waals surface area contributed by atoms with Gasteiger partial charge in [-0.3, -0.25) is 5.32 Å². The van der Waals surface area contributed by atoms with E-state index in [4.69, 9.17) is 0 Å². The van der Waals surface area contributed by atoms with E-state index in [1.807, 2.05) is 27.1 Å². The highest BCUT2D eigenvalue weighted by Gasteiger charge is 2.03. The van der Waals surface area contributed by atoms with Crippen molar-refractivity contribution in [1.82, 2.24) is 10.7 Å². The summed E-state index contributed by atoms with van der Waals surface area (Å²) in [4.78, 5) is 3.25. The van der Waals surface area contributed by atoms with Crippen LogP contribution in [0.2, 0.25) is 0 Å². The van der Waals surface area contributed by atoms with Gasteiger partial charge in [-0.25, -0.2) is 4.99 Å². The van der Waals surface area contributed by atoms with Crippen LogP contribution in [0.15, 0.2) is 40.6 Å². The van der Waals surface area contributed by atoms with Gasteiger partial charge in [0.25, 0.3) is 0 Å². The van der Waals surface area contributed by atoms with Gasteiger partial charge >= 0.3 is 0 Å². The first kappa shape index (κ1) is 18.3. The summed E-state index contributed by atoms with van der Waals surface area (Å²) in [5, 5.41) is 7.15. The molecule has 0 bridgehead atoms. The quantitative estimate of drug-likeness (QED) is 0.255. The van der Waals surface area contributed by atoms with Gasteiger partial charge in [0.05, 0.1) is 0 Å². The summed E-state index contributed by atoms with van der Waals surface area (Å²) >= 11 is 0. The molecule has 0 aromatic heterocycles. The molecule has 1 atom stereocenters. The Morgan fingerprint density at radius 3 is 2.55 bits per heavy atom. The van der Waals surface area contributed by atoms with Crippen LogP contribution in [0.3, 0.4) is 0 Å². The van der Waals surface area contributed by atoms with Crippen LogP contribution in [0.1, 0.15) is 27.2 Å². The second-order valence-corrected chi connectivity index (χ2v) is 4.53. The fraction of sp³-hybridized carbons (Fsp3) is 0.500. The van der Waals surface area contributed by atoms with Gasteiger partial charge in [0.1, 0.15) is 0 Å². The van der Waals surface area contributed by atoms with Crippen molar-refractivity contribution < 1.29 is 4.99 Å². The molecule has 20 heavy (non-hydrogen) atoms. The van der Waals surface area contributed by atoms with E-state index in [-0.39, 0.29) is 0 Å². The van der Waals surface area contributed by atoms with Crippen molar-refractivity contribution in [3.63, 3.8) is 0 Å². The van der Waals surface area contributed by atoms with Crippen molar-refractivity contribution in [1.29, 1.82) is 0 Å². The lowest BCUT2D eigenvalue weighted by Gasteiger charge is -2.04. The first-order valence-electron chi connectivity index (χ1n) is 7.07. The summed E-state index contributed by atoms with van der Waals surface area (Å²) in [6.07, 6.45) is 13.4. The van der Waals surface area contributed by atoms with Gasteiger partial charge in [0.15, 0.2) is 12.9 Å². The predicted molar refractivity (Wildman–Crippen MR) is 88.9 cm³/mol. The Hall–Kier alpha value is -1.68. The standard InChI is InChI=1S/C16H28N4/c1-6-8-14(3)9-16(11-19-13-17-4)10-15(7-2)12-20-18-5/h6-9,11-12,14,17-18H,10,13H2,1-5H3/p+1/b8-6+,15-7-,16-9-,19-11?,20-12-. The van der Waals surface area contributed by atoms with E-state index >= 15 is 0 Å². The van der Waals surface area contributed by atoms with E-state index in [0.717, 1.165) is 13.1 Å². The van der Waals surface area contributed by atoms with Crippen molar-refractivity contribution in [2.75, 3.05) is 20.8 Å². The van der Waals surface area contributed by atoms with Gasteiger partial charge in [0.2, 0.25) is 0 Å². The molecule has 0 aliphatic carbocycles. The van der Waals surface area contributed by atoms with Crippen molar-refractivity contribution in [2.24, 2.45) is 11.0 Å². The van der Waals surface area contributed by atoms with E-state index in [2.05, 4.69) is 58.3 Å². The van der Waals surface area contributed by atoms with E-state index in [1.54, 1.807) is 7.05 Å². The molecule has 4 heteroatoms. The Morgan fingerprint density at radius 2 is 2.00 bits per heavy atom. The molecule has 0 amide bonds. The van der Waals surface area contributed by atoms with Crippen molar-refractivity contribution in [3.05, 3.63) is 35.5 Å². The van der Waals surface area contributed by atoms with E-state index in [0.29, 0.717) is 5.92 Å². The summed E-state index contributed by atoms with van der Waals surface area (Å²) in [7, 11) is 3.72. The minimum absolute atomic E-state index is 0.419. The number of hydrogen-bond donors (Lipinski definition) is 3. The molecule has 112 valence electrons. The van der Waals surface area contributed by atoms with Crippen LogP contribution in [-0.2, 0) is 0 Å². The summed E-state index contributed by atoms with van der Waals surface area (Å²) in [6, 6.07) is 0. The van der Waals surface area contributed by atoms with Crippen molar-refractivity contribution >= 4 is 12.4 Å². The van der Waals surface area contributed by atoms with Crippen LogP contribution in [0.5, 0.6) is 0 Å². The van der Waals surface area contributed by atoms with Crippen LogP contribution in [0, 0.1) is 5.92 Å². The van der Waals surface area contributed by atoms with Crippen molar-refractivity contribution in [3.8, 4) is 0 Å². The molecule has 0 aliphatic rings. The Kier molecular flexibility index (Phi) is 11.3. The highest BCUT2D eigenvalue weighted by Crippen LogP contribution is 2.11. The zero-order chi connectivity index (χ0) is 15.2. The molecule has 0 spiro atoms. The minimum atomic E-state index is 0.419. The highest BCUT2D eigenvalue weighted by molar-refractivity contribution is 5.83. The molecule has 0 heterocycles. The zero-order valence-electron chi connectivity index (χ0n) is 13.4. The number of hydrogen-bond acceptors (Lipinski definition) is 3. The predicted octanol–water partition coefficient (Wildman–Crippen LogP) is 0.995. The van der Waals surface area contributed by atoms with Crippen LogP contribution in [-0.4, -0.2) is 33.2 Å². The molecule has 0 saturated heterocycles. The number of allylic oxidation sites excluding steroid dienone is 6. The van der Waals surface area contributed by atoms with Gasteiger partial charge in [0, 0.05) is 25.3 Å². The van der Waals surface area contributed by atoms with E-state index in [1.165, 1.54) is 11.1 Å². The molecule has 4 nitrogen and oxygen atoms in total. The third-order valence-electron chi connectivity index (χ3n) is 2.68. The maximum Gasteiger partial charge on any atom is 0.194 e. The van der Waals surface area contributed by atoms with Crippen LogP contribution in [0.4, 0.5) is 0 Å². The first-order chi connectivity index (χ1) is 9.67. The Balaban J connectivity index is 4.97. The van der Waals surface area contributed by atoms with Crippen LogP contribution in [0.25, 0.3) is 0 Å². The molecule has 1 unspecified atom stereocenters. The lowest BCUT2D eigenvalue weighted by atomic mass is 10.0. The largest absolute Gasteiger partial charge is 0.313 e. The summed E-state index contributed by atoms with van der Waals surface area (Å²) < 4.78 is 0. The smallest absolute Gasteiger partial charge is 0.194 e. The molecule has 0 aromatic carbocycles.